The third-order valence-corrected chi connectivity index (χ3v) is 8.60. The predicted octanol–water partition coefficient (Wildman–Crippen LogP) is 4.29. The zero-order chi connectivity index (χ0) is 23.6. The van der Waals surface area contributed by atoms with Crippen molar-refractivity contribution in [1.82, 2.24) is 14.2 Å². The zero-order valence-electron chi connectivity index (χ0n) is 19.0. The molecule has 2 saturated heterocycles. The number of ether oxygens (including phenoxy) is 1. The van der Waals surface area contributed by atoms with Crippen LogP contribution >= 0.6 is 11.6 Å². The van der Waals surface area contributed by atoms with E-state index in [1.54, 1.807) is 18.5 Å². The third kappa shape index (κ3) is 5.24. The van der Waals surface area contributed by atoms with Crippen molar-refractivity contribution in [3.8, 4) is 0 Å². The average Bonchev–Trinajstić information content (AvgIpc) is 3.05. The Balaban J connectivity index is 1.67. The highest BCUT2D eigenvalue weighted by molar-refractivity contribution is 7.89. The number of hydrogen-bond acceptors (Lipinski definition) is 5. The van der Waals surface area contributed by atoms with Gasteiger partial charge in [0.15, 0.2) is 0 Å². The Morgan fingerprint density at radius 1 is 1.06 bits per heavy atom. The summed E-state index contributed by atoms with van der Waals surface area (Å²) in [5.74, 6) is -0.185. The summed E-state index contributed by atoms with van der Waals surface area (Å²) < 4.78 is 34.0. The molecule has 1 aromatic heterocycles. The van der Waals surface area contributed by atoms with Gasteiger partial charge in [0.05, 0.1) is 23.3 Å². The molecular formula is C24H30ClN3O4S. The molecule has 2 aliphatic heterocycles. The Bertz CT molecular complexity index is 1090. The standard InChI is InChI=1S/C24H30ClN3O4S/c1-17-15-27(16-18(2)32-17)33(30,31)23-14-20(7-8-21(23)25)24(29)28-13-5-3-4-6-22(28)19-9-11-26-12-10-19/h7-12,14,17-18,22H,3-6,13,15-16H2,1-2H3. The summed E-state index contributed by atoms with van der Waals surface area (Å²) in [5.41, 5.74) is 1.37. The van der Waals surface area contributed by atoms with Gasteiger partial charge >= 0.3 is 0 Å². The van der Waals surface area contributed by atoms with Crippen molar-refractivity contribution in [2.24, 2.45) is 0 Å². The van der Waals surface area contributed by atoms with E-state index >= 15 is 0 Å². The molecule has 7 nitrogen and oxygen atoms in total. The second kappa shape index (κ2) is 10.1. The summed E-state index contributed by atoms with van der Waals surface area (Å²) in [6.45, 7) is 4.81. The Kier molecular flexibility index (Phi) is 7.38. The minimum atomic E-state index is -3.88. The summed E-state index contributed by atoms with van der Waals surface area (Å²) in [6, 6.07) is 8.36. The van der Waals surface area contributed by atoms with Gasteiger partial charge in [-0.15, -0.1) is 0 Å². The number of halogens is 1. The summed E-state index contributed by atoms with van der Waals surface area (Å²) >= 11 is 6.34. The SMILES string of the molecule is CC1CN(S(=O)(=O)c2cc(C(=O)N3CCCCCC3c3ccncc3)ccc2Cl)CC(C)O1. The Morgan fingerprint density at radius 3 is 2.45 bits per heavy atom. The second-order valence-electron chi connectivity index (χ2n) is 8.87. The first-order chi connectivity index (χ1) is 15.8. The largest absolute Gasteiger partial charge is 0.373 e. The van der Waals surface area contributed by atoms with Crippen LogP contribution in [0.4, 0.5) is 0 Å². The van der Waals surface area contributed by atoms with Crippen LogP contribution in [0.25, 0.3) is 0 Å². The predicted molar refractivity (Wildman–Crippen MR) is 127 cm³/mol. The van der Waals surface area contributed by atoms with Gasteiger partial charge in [-0.1, -0.05) is 24.4 Å². The Hall–Kier alpha value is -2.00. The number of carbonyl (C=O) groups is 1. The highest BCUT2D eigenvalue weighted by Crippen LogP contribution is 2.33. The van der Waals surface area contributed by atoms with Crippen molar-refractivity contribution in [2.75, 3.05) is 19.6 Å². The molecule has 4 rings (SSSR count). The van der Waals surface area contributed by atoms with Gasteiger partial charge in [-0.25, -0.2) is 8.42 Å². The lowest BCUT2D eigenvalue weighted by Crippen LogP contribution is -2.48. The van der Waals surface area contributed by atoms with Crippen LogP contribution in [-0.2, 0) is 14.8 Å². The van der Waals surface area contributed by atoms with E-state index in [2.05, 4.69) is 4.98 Å². The number of rotatable bonds is 4. The first-order valence-electron chi connectivity index (χ1n) is 11.4. The zero-order valence-corrected chi connectivity index (χ0v) is 20.6. The molecular weight excluding hydrogens is 462 g/mol. The number of amides is 1. The van der Waals surface area contributed by atoms with Crippen LogP contribution in [0, 0.1) is 0 Å². The highest BCUT2D eigenvalue weighted by atomic mass is 35.5. The first-order valence-corrected chi connectivity index (χ1v) is 13.2. The molecule has 178 valence electrons. The van der Waals surface area contributed by atoms with Crippen molar-refractivity contribution >= 4 is 27.5 Å². The number of sulfonamides is 1. The Morgan fingerprint density at radius 2 is 1.76 bits per heavy atom. The van der Waals surface area contributed by atoms with Crippen LogP contribution < -0.4 is 0 Å². The van der Waals surface area contributed by atoms with Crippen molar-refractivity contribution in [1.29, 1.82) is 0 Å². The van der Waals surface area contributed by atoms with Crippen molar-refractivity contribution in [3.05, 3.63) is 58.9 Å². The number of carbonyl (C=O) groups excluding carboxylic acids is 1. The molecule has 3 heterocycles. The van der Waals surface area contributed by atoms with Gasteiger partial charge in [-0.05, 0) is 62.6 Å². The molecule has 2 aromatic rings. The van der Waals surface area contributed by atoms with Gasteiger partial charge in [0.25, 0.3) is 5.91 Å². The molecule has 2 fully saturated rings. The molecule has 0 saturated carbocycles. The Labute approximate surface area is 200 Å². The van der Waals surface area contributed by atoms with E-state index in [1.807, 2.05) is 30.9 Å². The lowest BCUT2D eigenvalue weighted by atomic mass is 10.0. The van der Waals surface area contributed by atoms with E-state index in [1.165, 1.54) is 16.4 Å². The number of pyridine rings is 1. The van der Waals surface area contributed by atoms with E-state index in [4.69, 9.17) is 16.3 Å². The van der Waals surface area contributed by atoms with Crippen LogP contribution in [0.1, 0.15) is 61.5 Å². The maximum absolute atomic E-state index is 13.6. The molecule has 1 aromatic carbocycles. The smallest absolute Gasteiger partial charge is 0.254 e. The lowest BCUT2D eigenvalue weighted by Gasteiger charge is -2.34. The van der Waals surface area contributed by atoms with Crippen molar-refractivity contribution in [2.45, 2.75) is 62.7 Å². The molecule has 0 spiro atoms. The van der Waals surface area contributed by atoms with Crippen LogP contribution in [-0.4, -0.2) is 60.4 Å². The average molecular weight is 492 g/mol. The summed E-state index contributed by atoms with van der Waals surface area (Å²) in [7, 11) is -3.88. The normalized spacial score (nSPS) is 24.9. The molecule has 3 atom stereocenters. The van der Waals surface area contributed by atoms with E-state index in [-0.39, 0.29) is 47.2 Å². The molecule has 0 aliphatic carbocycles. The maximum Gasteiger partial charge on any atom is 0.254 e. The molecule has 3 unspecified atom stereocenters. The van der Waals surface area contributed by atoms with Gasteiger partial charge < -0.3 is 9.64 Å². The topological polar surface area (TPSA) is 79.8 Å². The molecule has 2 aliphatic rings. The number of morpholine rings is 1. The van der Waals surface area contributed by atoms with E-state index < -0.39 is 10.0 Å². The third-order valence-electron chi connectivity index (χ3n) is 6.29. The lowest BCUT2D eigenvalue weighted by molar-refractivity contribution is -0.0440. The minimum Gasteiger partial charge on any atom is -0.373 e. The number of hydrogen-bond donors (Lipinski definition) is 0. The van der Waals surface area contributed by atoms with E-state index in [0.29, 0.717) is 12.1 Å². The minimum absolute atomic E-state index is 0.0356. The molecule has 0 radical (unpaired) electrons. The monoisotopic (exact) mass is 491 g/mol. The number of likely N-dealkylation sites (tertiary alicyclic amines) is 1. The van der Waals surface area contributed by atoms with Crippen LogP contribution in [0.15, 0.2) is 47.6 Å². The van der Waals surface area contributed by atoms with Crippen molar-refractivity contribution in [3.63, 3.8) is 0 Å². The fraction of sp³-hybridized carbons (Fsp3) is 0.500. The molecule has 1 amide bonds. The number of aromatic nitrogens is 1. The summed E-state index contributed by atoms with van der Waals surface area (Å²) in [6.07, 6.45) is 6.90. The summed E-state index contributed by atoms with van der Waals surface area (Å²) in [4.78, 5) is 19.6. The first kappa shape index (κ1) is 24.1. The molecule has 33 heavy (non-hydrogen) atoms. The second-order valence-corrected chi connectivity index (χ2v) is 11.2. The van der Waals surface area contributed by atoms with Crippen LogP contribution in [0.2, 0.25) is 5.02 Å². The highest BCUT2D eigenvalue weighted by Gasteiger charge is 2.35. The van der Waals surface area contributed by atoms with Gasteiger partial charge in [0.1, 0.15) is 4.90 Å². The maximum atomic E-state index is 13.6. The number of nitrogens with zero attached hydrogens (tertiary/aromatic N) is 3. The quantitative estimate of drug-likeness (QED) is 0.637. The van der Waals surface area contributed by atoms with E-state index in [0.717, 1.165) is 31.2 Å². The van der Waals surface area contributed by atoms with Gasteiger partial charge in [-0.2, -0.15) is 4.31 Å². The fourth-order valence-electron chi connectivity index (χ4n) is 4.75. The summed E-state index contributed by atoms with van der Waals surface area (Å²) in [5, 5.41) is 0.111. The van der Waals surface area contributed by atoms with Gasteiger partial charge in [0, 0.05) is 37.6 Å². The molecule has 9 heteroatoms. The molecule has 0 N–H and O–H groups in total. The van der Waals surface area contributed by atoms with Crippen LogP contribution in [0.3, 0.4) is 0 Å². The van der Waals surface area contributed by atoms with E-state index in [9.17, 15) is 13.2 Å². The number of benzene rings is 1. The molecule has 0 bridgehead atoms. The van der Waals surface area contributed by atoms with Crippen molar-refractivity contribution < 1.29 is 17.9 Å². The van der Waals surface area contributed by atoms with Gasteiger partial charge in [0.2, 0.25) is 10.0 Å². The van der Waals surface area contributed by atoms with Gasteiger partial charge in [-0.3, -0.25) is 9.78 Å². The fourth-order valence-corrected chi connectivity index (χ4v) is 6.84. The van der Waals surface area contributed by atoms with Crippen LogP contribution in [0.5, 0.6) is 0 Å².